The highest BCUT2D eigenvalue weighted by Crippen LogP contribution is 2.24. The van der Waals surface area contributed by atoms with Crippen molar-refractivity contribution in [2.45, 2.75) is 57.5 Å². The fourth-order valence-corrected chi connectivity index (χ4v) is 5.04. The molecule has 1 aromatic heterocycles. The van der Waals surface area contributed by atoms with E-state index in [1.165, 1.54) is 32.1 Å². The van der Waals surface area contributed by atoms with E-state index in [1.54, 1.807) is 16.7 Å². The number of hydrogen-bond donors (Lipinski definition) is 0. The third-order valence-electron chi connectivity index (χ3n) is 6.83. The summed E-state index contributed by atoms with van der Waals surface area (Å²) in [6.07, 6.45) is 9.69. The number of aromatic nitrogens is 1. The second kappa shape index (κ2) is 10.8. The summed E-state index contributed by atoms with van der Waals surface area (Å²) in [5, 5.41) is 0.955. The van der Waals surface area contributed by atoms with Crippen LogP contribution in [-0.4, -0.2) is 59.1 Å². The van der Waals surface area contributed by atoms with Crippen LogP contribution in [0, 0.1) is 0 Å². The Morgan fingerprint density at radius 3 is 2.59 bits per heavy atom. The van der Waals surface area contributed by atoms with Crippen molar-refractivity contribution < 1.29 is 9.53 Å². The van der Waals surface area contributed by atoms with E-state index in [4.69, 9.17) is 4.74 Å². The third kappa shape index (κ3) is 5.41. The van der Waals surface area contributed by atoms with Gasteiger partial charge in [0.05, 0.1) is 12.1 Å². The molecule has 1 amide bonds. The molecule has 1 saturated heterocycles. The van der Waals surface area contributed by atoms with E-state index < -0.39 is 0 Å². The van der Waals surface area contributed by atoms with Crippen molar-refractivity contribution in [3.05, 3.63) is 53.3 Å². The van der Waals surface area contributed by atoms with E-state index in [9.17, 15) is 9.59 Å². The molecule has 1 aromatic carbocycles. The molecule has 6 nitrogen and oxygen atoms in total. The number of carbonyl (C=O) groups excluding carboxylic acids is 1. The van der Waals surface area contributed by atoms with Crippen LogP contribution in [0.4, 0.5) is 0 Å². The van der Waals surface area contributed by atoms with Crippen LogP contribution in [0.3, 0.4) is 0 Å². The second-order valence-electron chi connectivity index (χ2n) is 8.95. The molecule has 2 aromatic rings. The van der Waals surface area contributed by atoms with Gasteiger partial charge in [-0.05, 0) is 43.5 Å². The lowest BCUT2D eigenvalue weighted by Gasteiger charge is -2.40. The van der Waals surface area contributed by atoms with Crippen molar-refractivity contribution in [1.29, 1.82) is 0 Å². The number of fused-ring (bicyclic) bond motifs is 1. The number of carbonyl (C=O) groups is 1. The van der Waals surface area contributed by atoms with E-state index in [2.05, 4.69) is 11.5 Å². The Morgan fingerprint density at radius 1 is 1.06 bits per heavy atom. The molecule has 0 unspecified atom stereocenters. The molecule has 2 heterocycles. The number of ether oxygens (including phenoxy) is 1. The smallest absolute Gasteiger partial charge is 0.251 e. The summed E-state index contributed by atoms with van der Waals surface area (Å²) in [5.74, 6) is 0.999. The van der Waals surface area contributed by atoms with Gasteiger partial charge in [0.15, 0.2) is 0 Å². The number of allylic oxidation sites excluding steroid dienone is 1. The van der Waals surface area contributed by atoms with Gasteiger partial charge >= 0.3 is 0 Å². The lowest BCUT2D eigenvalue weighted by Crippen LogP contribution is -2.52. The molecule has 1 aliphatic carbocycles. The molecule has 0 bridgehead atoms. The molecular formula is C26H35N3O3. The van der Waals surface area contributed by atoms with Gasteiger partial charge < -0.3 is 14.2 Å². The molecule has 0 radical (unpaired) electrons. The van der Waals surface area contributed by atoms with Gasteiger partial charge in [0.2, 0.25) is 5.91 Å². The minimum Gasteiger partial charge on any atom is -0.494 e. The summed E-state index contributed by atoms with van der Waals surface area (Å²) in [5.41, 5.74) is 0.830. The first-order chi connectivity index (χ1) is 15.7. The van der Waals surface area contributed by atoms with Gasteiger partial charge in [0, 0.05) is 56.6 Å². The lowest BCUT2D eigenvalue weighted by atomic mass is 9.94. The molecule has 2 aliphatic rings. The van der Waals surface area contributed by atoms with Gasteiger partial charge in [0.25, 0.3) is 5.56 Å². The topological polar surface area (TPSA) is 54.8 Å². The maximum atomic E-state index is 12.6. The van der Waals surface area contributed by atoms with Crippen molar-refractivity contribution >= 4 is 16.8 Å². The van der Waals surface area contributed by atoms with E-state index in [0.29, 0.717) is 26.0 Å². The van der Waals surface area contributed by atoms with E-state index in [1.807, 2.05) is 29.2 Å². The fourth-order valence-electron chi connectivity index (χ4n) is 5.04. The first-order valence-corrected chi connectivity index (χ1v) is 12.0. The Hall–Kier alpha value is -2.60. The van der Waals surface area contributed by atoms with Crippen LogP contribution in [0.25, 0.3) is 10.9 Å². The Bertz CT molecular complexity index is 985. The van der Waals surface area contributed by atoms with E-state index >= 15 is 0 Å². The number of benzene rings is 1. The summed E-state index contributed by atoms with van der Waals surface area (Å²) in [4.78, 5) is 29.3. The van der Waals surface area contributed by atoms with Gasteiger partial charge in [-0.1, -0.05) is 25.3 Å². The number of piperazine rings is 1. The van der Waals surface area contributed by atoms with Gasteiger partial charge in [-0.25, -0.2) is 0 Å². The molecule has 0 N–H and O–H groups in total. The van der Waals surface area contributed by atoms with Crippen molar-refractivity contribution in [2.75, 3.05) is 32.8 Å². The first-order valence-electron chi connectivity index (χ1n) is 12.0. The molecule has 1 saturated carbocycles. The molecular weight excluding hydrogens is 402 g/mol. The van der Waals surface area contributed by atoms with Crippen LogP contribution in [-0.2, 0) is 11.3 Å². The predicted molar refractivity (Wildman–Crippen MR) is 128 cm³/mol. The summed E-state index contributed by atoms with van der Waals surface area (Å²) < 4.78 is 7.59. The van der Waals surface area contributed by atoms with Crippen LogP contribution >= 0.6 is 0 Å². The normalized spacial score (nSPS) is 18.1. The molecule has 2 fully saturated rings. The summed E-state index contributed by atoms with van der Waals surface area (Å²) >= 11 is 0. The van der Waals surface area contributed by atoms with Crippen LogP contribution in [0.5, 0.6) is 5.75 Å². The van der Waals surface area contributed by atoms with Crippen molar-refractivity contribution in [3.8, 4) is 5.75 Å². The van der Waals surface area contributed by atoms with Crippen molar-refractivity contribution in [1.82, 2.24) is 14.4 Å². The SMILES string of the molecule is C=CCn1c(=O)ccc2cc(OCCCC(=O)N3CCN(C4CCCCC4)CC3)ccc21. The quantitative estimate of drug-likeness (QED) is 0.465. The molecule has 32 heavy (non-hydrogen) atoms. The predicted octanol–water partition coefficient (Wildman–Crippen LogP) is 3.82. The Kier molecular flexibility index (Phi) is 7.63. The molecule has 6 heteroatoms. The second-order valence-corrected chi connectivity index (χ2v) is 8.95. The van der Waals surface area contributed by atoms with Gasteiger partial charge in [0.1, 0.15) is 5.75 Å². The lowest BCUT2D eigenvalue weighted by molar-refractivity contribution is -0.133. The Labute approximate surface area is 190 Å². The Morgan fingerprint density at radius 2 is 1.84 bits per heavy atom. The Balaban J connectivity index is 1.21. The van der Waals surface area contributed by atoms with Gasteiger partial charge in [-0.3, -0.25) is 14.5 Å². The minimum atomic E-state index is -0.0378. The van der Waals surface area contributed by atoms with Crippen LogP contribution in [0.15, 0.2) is 47.8 Å². The standard InChI is InChI=1S/C26H35N3O3/c1-2-14-29-24-12-11-23(20-21(24)10-13-26(29)31)32-19-6-9-25(30)28-17-15-27(16-18-28)22-7-4-3-5-8-22/h2,10-13,20,22H,1,3-9,14-19H2. The number of rotatable bonds is 8. The number of amides is 1. The van der Waals surface area contributed by atoms with E-state index in [0.717, 1.165) is 48.9 Å². The molecule has 0 atom stereocenters. The average Bonchev–Trinajstić information content (AvgIpc) is 2.84. The fraction of sp³-hybridized carbons (Fsp3) is 0.538. The zero-order valence-corrected chi connectivity index (χ0v) is 19.0. The summed E-state index contributed by atoms with van der Waals surface area (Å²) in [6, 6.07) is 9.87. The van der Waals surface area contributed by atoms with Gasteiger partial charge in [-0.2, -0.15) is 0 Å². The highest BCUT2D eigenvalue weighted by Gasteiger charge is 2.26. The van der Waals surface area contributed by atoms with E-state index in [-0.39, 0.29) is 11.5 Å². The highest BCUT2D eigenvalue weighted by molar-refractivity contribution is 5.80. The maximum Gasteiger partial charge on any atom is 0.251 e. The monoisotopic (exact) mass is 437 g/mol. The van der Waals surface area contributed by atoms with Crippen LogP contribution < -0.4 is 10.3 Å². The minimum absolute atomic E-state index is 0.0378. The molecule has 172 valence electrons. The van der Waals surface area contributed by atoms with Gasteiger partial charge in [-0.15, -0.1) is 6.58 Å². The zero-order valence-electron chi connectivity index (χ0n) is 19.0. The molecule has 1 aliphatic heterocycles. The van der Waals surface area contributed by atoms with Crippen molar-refractivity contribution in [2.24, 2.45) is 0 Å². The largest absolute Gasteiger partial charge is 0.494 e. The molecule has 0 spiro atoms. The first kappa shape index (κ1) is 22.6. The number of hydrogen-bond acceptors (Lipinski definition) is 4. The molecule has 4 rings (SSSR count). The summed E-state index contributed by atoms with van der Waals surface area (Å²) in [6.45, 7) is 8.45. The number of pyridine rings is 1. The summed E-state index contributed by atoms with van der Waals surface area (Å²) in [7, 11) is 0. The third-order valence-corrected chi connectivity index (χ3v) is 6.83. The highest BCUT2D eigenvalue weighted by atomic mass is 16.5. The van der Waals surface area contributed by atoms with Crippen LogP contribution in [0.1, 0.15) is 44.9 Å². The average molecular weight is 438 g/mol. The van der Waals surface area contributed by atoms with Crippen LogP contribution in [0.2, 0.25) is 0 Å². The zero-order chi connectivity index (χ0) is 22.3. The maximum absolute atomic E-state index is 12.6. The van der Waals surface area contributed by atoms with Crippen molar-refractivity contribution in [3.63, 3.8) is 0 Å². The number of nitrogens with zero attached hydrogens (tertiary/aromatic N) is 3.